The third-order valence-corrected chi connectivity index (χ3v) is 2.19. The van der Waals surface area contributed by atoms with Crippen molar-refractivity contribution in [3.63, 3.8) is 0 Å². The van der Waals surface area contributed by atoms with Crippen LogP contribution >= 0.6 is 0 Å². The maximum absolute atomic E-state index is 13.4. The number of aromatic nitrogens is 1. The number of para-hydroxylation sites is 1. The fourth-order valence-electron chi connectivity index (χ4n) is 1.48. The molecule has 0 fully saturated rings. The number of nitrogens with one attached hydrogen (secondary N) is 1. The summed E-state index contributed by atoms with van der Waals surface area (Å²) in [7, 11) is 0. The average molecular weight is 193 g/mol. The van der Waals surface area contributed by atoms with Crippen LogP contribution in [0.4, 0.5) is 4.39 Å². The lowest BCUT2D eigenvalue weighted by molar-refractivity contribution is 0.0686. The highest BCUT2D eigenvalue weighted by Gasteiger charge is 2.17. The molecule has 0 bridgehead atoms. The van der Waals surface area contributed by atoms with Gasteiger partial charge in [0, 0.05) is 5.39 Å². The molecule has 1 aromatic carbocycles. The van der Waals surface area contributed by atoms with Crippen LogP contribution < -0.4 is 0 Å². The van der Waals surface area contributed by atoms with Gasteiger partial charge in [0.25, 0.3) is 0 Å². The van der Waals surface area contributed by atoms with E-state index >= 15 is 0 Å². The first-order valence-corrected chi connectivity index (χ1v) is 4.11. The highest BCUT2D eigenvalue weighted by Crippen LogP contribution is 2.23. The van der Waals surface area contributed by atoms with Crippen molar-refractivity contribution in [3.05, 3.63) is 35.3 Å². The van der Waals surface area contributed by atoms with Crippen LogP contribution in [0.25, 0.3) is 10.9 Å². The van der Waals surface area contributed by atoms with Crippen molar-refractivity contribution in [2.75, 3.05) is 0 Å². The molecule has 1 aromatic heterocycles. The van der Waals surface area contributed by atoms with Gasteiger partial charge in [-0.3, -0.25) is 0 Å². The summed E-state index contributed by atoms with van der Waals surface area (Å²) in [4.78, 5) is 13.2. The zero-order valence-electron chi connectivity index (χ0n) is 7.47. The van der Waals surface area contributed by atoms with E-state index in [0.29, 0.717) is 10.9 Å². The van der Waals surface area contributed by atoms with Gasteiger partial charge in [-0.25, -0.2) is 9.18 Å². The molecule has 0 atom stereocenters. The summed E-state index contributed by atoms with van der Waals surface area (Å²) in [5, 5.41) is 9.01. The first-order valence-electron chi connectivity index (χ1n) is 4.11. The molecular weight excluding hydrogens is 185 g/mol. The number of benzene rings is 1. The summed E-state index contributed by atoms with van der Waals surface area (Å²) in [5.74, 6) is -1.98. The second-order valence-electron chi connectivity index (χ2n) is 3.12. The number of H-pyrrole nitrogens is 1. The standard InChI is InChI=1S/C10H8FNO2/c1-5-3-2-4-6-7(11)9(10(13)14)12-8(5)6/h2-4,12H,1H3,(H,13,14). The molecule has 3 nitrogen and oxygen atoms in total. The van der Waals surface area contributed by atoms with Crippen LogP contribution in [-0.2, 0) is 0 Å². The summed E-state index contributed by atoms with van der Waals surface area (Å²) in [6.07, 6.45) is 0. The summed E-state index contributed by atoms with van der Waals surface area (Å²) in [6, 6.07) is 5.05. The van der Waals surface area contributed by atoms with Crippen LogP contribution in [0.3, 0.4) is 0 Å². The van der Waals surface area contributed by atoms with E-state index < -0.39 is 11.8 Å². The first kappa shape index (κ1) is 8.74. The van der Waals surface area contributed by atoms with Crippen LogP contribution in [0.2, 0.25) is 0 Å². The lowest BCUT2D eigenvalue weighted by Gasteiger charge is -1.92. The molecule has 2 rings (SSSR count). The number of halogens is 1. The molecule has 0 aliphatic carbocycles. The fourth-order valence-corrected chi connectivity index (χ4v) is 1.48. The van der Waals surface area contributed by atoms with Gasteiger partial charge >= 0.3 is 5.97 Å². The molecule has 14 heavy (non-hydrogen) atoms. The Hall–Kier alpha value is -1.84. The third kappa shape index (κ3) is 1.08. The summed E-state index contributed by atoms with van der Waals surface area (Å²) >= 11 is 0. The second-order valence-corrected chi connectivity index (χ2v) is 3.12. The van der Waals surface area contributed by atoms with E-state index in [1.165, 1.54) is 0 Å². The Balaban J connectivity index is 2.86. The van der Waals surface area contributed by atoms with Crippen LogP contribution in [0.1, 0.15) is 16.1 Å². The summed E-state index contributed by atoms with van der Waals surface area (Å²) in [5.41, 5.74) is 0.991. The minimum atomic E-state index is -1.28. The molecule has 2 aromatic rings. The maximum atomic E-state index is 13.4. The molecule has 0 radical (unpaired) electrons. The minimum absolute atomic E-state index is 0.322. The smallest absolute Gasteiger partial charge is 0.355 e. The monoisotopic (exact) mass is 193 g/mol. The summed E-state index contributed by atoms with van der Waals surface area (Å²) < 4.78 is 13.4. The molecule has 0 spiro atoms. The number of aromatic amines is 1. The Labute approximate surface area is 79.2 Å². The molecule has 0 saturated carbocycles. The highest BCUT2D eigenvalue weighted by molar-refractivity contribution is 5.95. The van der Waals surface area contributed by atoms with Crippen molar-refractivity contribution < 1.29 is 14.3 Å². The molecule has 1 heterocycles. The predicted octanol–water partition coefficient (Wildman–Crippen LogP) is 2.31. The van der Waals surface area contributed by atoms with E-state index in [1.807, 2.05) is 0 Å². The van der Waals surface area contributed by atoms with E-state index in [4.69, 9.17) is 5.11 Å². The molecule has 0 aliphatic heterocycles. The van der Waals surface area contributed by atoms with Crippen molar-refractivity contribution in [2.24, 2.45) is 0 Å². The number of hydrogen-bond donors (Lipinski definition) is 2. The Bertz CT molecular complexity index is 516. The Morgan fingerprint density at radius 1 is 1.50 bits per heavy atom. The molecule has 0 amide bonds. The van der Waals surface area contributed by atoms with Gasteiger partial charge in [0.05, 0.1) is 5.52 Å². The molecule has 2 N–H and O–H groups in total. The van der Waals surface area contributed by atoms with Crippen molar-refractivity contribution in [1.82, 2.24) is 4.98 Å². The quantitative estimate of drug-likeness (QED) is 0.730. The third-order valence-electron chi connectivity index (χ3n) is 2.19. The van der Waals surface area contributed by atoms with Crippen LogP contribution in [-0.4, -0.2) is 16.1 Å². The van der Waals surface area contributed by atoms with Gasteiger partial charge in [0.15, 0.2) is 11.5 Å². The van der Waals surface area contributed by atoms with Gasteiger partial charge < -0.3 is 10.1 Å². The van der Waals surface area contributed by atoms with Gasteiger partial charge in [-0.15, -0.1) is 0 Å². The zero-order chi connectivity index (χ0) is 10.3. The van der Waals surface area contributed by atoms with Gasteiger partial charge in [-0.2, -0.15) is 0 Å². The number of rotatable bonds is 1. The second kappa shape index (κ2) is 2.83. The molecule has 72 valence electrons. The number of hydrogen-bond acceptors (Lipinski definition) is 1. The number of fused-ring (bicyclic) bond motifs is 1. The highest BCUT2D eigenvalue weighted by atomic mass is 19.1. The van der Waals surface area contributed by atoms with Crippen LogP contribution in [0, 0.1) is 12.7 Å². The van der Waals surface area contributed by atoms with E-state index in [0.717, 1.165) is 5.56 Å². The minimum Gasteiger partial charge on any atom is -0.476 e. The molecule has 0 unspecified atom stereocenters. The van der Waals surface area contributed by atoms with E-state index in [2.05, 4.69) is 4.98 Å². The van der Waals surface area contributed by atoms with Crippen molar-refractivity contribution in [1.29, 1.82) is 0 Å². The Kier molecular flexibility index (Phi) is 1.77. The molecular formula is C10H8FNO2. The van der Waals surface area contributed by atoms with Crippen molar-refractivity contribution >= 4 is 16.9 Å². The number of carboxylic acid groups (broad SMARTS) is 1. The van der Waals surface area contributed by atoms with E-state index in [-0.39, 0.29) is 5.69 Å². The number of carboxylic acids is 1. The fraction of sp³-hybridized carbons (Fsp3) is 0.100. The van der Waals surface area contributed by atoms with Crippen LogP contribution in [0.5, 0.6) is 0 Å². The zero-order valence-corrected chi connectivity index (χ0v) is 7.47. The average Bonchev–Trinajstić information content (AvgIpc) is 2.46. The Morgan fingerprint density at radius 2 is 2.21 bits per heavy atom. The first-order chi connectivity index (χ1) is 6.61. The Morgan fingerprint density at radius 3 is 2.79 bits per heavy atom. The van der Waals surface area contributed by atoms with Gasteiger partial charge in [-0.05, 0) is 18.6 Å². The van der Waals surface area contributed by atoms with Crippen molar-refractivity contribution in [2.45, 2.75) is 6.92 Å². The maximum Gasteiger partial charge on any atom is 0.355 e. The molecule has 0 saturated heterocycles. The normalized spacial score (nSPS) is 10.7. The SMILES string of the molecule is Cc1cccc2c(F)c(C(=O)O)[nH]c12. The number of aryl methyl sites for hydroxylation is 1. The van der Waals surface area contributed by atoms with Gasteiger partial charge in [-0.1, -0.05) is 12.1 Å². The lowest BCUT2D eigenvalue weighted by Crippen LogP contribution is -1.98. The lowest BCUT2D eigenvalue weighted by atomic mass is 10.1. The topological polar surface area (TPSA) is 53.1 Å². The van der Waals surface area contributed by atoms with E-state index in [9.17, 15) is 9.18 Å². The van der Waals surface area contributed by atoms with E-state index in [1.54, 1.807) is 25.1 Å². The number of aromatic carboxylic acids is 1. The van der Waals surface area contributed by atoms with Gasteiger partial charge in [0.1, 0.15) is 0 Å². The summed E-state index contributed by atoms with van der Waals surface area (Å²) in [6.45, 7) is 1.80. The number of carbonyl (C=O) groups is 1. The molecule has 0 aliphatic rings. The largest absolute Gasteiger partial charge is 0.476 e. The van der Waals surface area contributed by atoms with Crippen LogP contribution in [0.15, 0.2) is 18.2 Å². The van der Waals surface area contributed by atoms with Gasteiger partial charge in [0.2, 0.25) is 0 Å². The van der Waals surface area contributed by atoms with Crippen molar-refractivity contribution in [3.8, 4) is 0 Å². The molecule has 4 heteroatoms. The predicted molar refractivity (Wildman–Crippen MR) is 50.0 cm³/mol.